The molecule has 6 nitrogen and oxygen atoms in total. The number of hydrogen-bond donors (Lipinski definition) is 3. The summed E-state index contributed by atoms with van der Waals surface area (Å²) in [5.41, 5.74) is 2.11. The molecule has 3 N–H and O–H groups in total. The van der Waals surface area contributed by atoms with Crippen LogP contribution in [-0.4, -0.2) is 50.7 Å². The van der Waals surface area contributed by atoms with Gasteiger partial charge in [-0.2, -0.15) is 0 Å². The fourth-order valence-electron chi connectivity index (χ4n) is 4.06. The number of hydrogen-bond acceptors (Lipinski definition) is 4. The number of carbonyl (C=O) groups excluding carboxylic acids is 1. The SMILES string of the molecule is CC[NH+]1CC[NH+](Cc2c(O)ccc3c2O/C(=C\c2ccc(OC)cc2)C3=O)CC1. The number of Topliss-reactive ketones (excluding diaryl/α,β-unsaturated/α-hetero) is 1. The summed E-state index contributed by atoms with van der Waals surface area (Å²) in [6, 6.07) is 10.7. The molecule has 1 saturated heterocycles. The number of carbonyl (C=O) groups is 1. The number of ketones is 1. The Morgan fingerprint density at radius 1 is 1.07 bits per heavy atom. The third kappa shape index (κ3) is 3.99. The zero-order chi connectivity index (χ0) is 20.4. The van der Waals surface area contributed by atoms with Crippen LogP contribution in [0.1, 0.15) is 28.4 Å². The average molecular weight is 396 g/mol. The van der Waals surface area contributed by atoms with Crippen LogP contribution in [0.2, 0.25) is 0 Å². The Balaban J connectivity index is 1.57. The predicted octanol–water partition coefficient (Wildman–Crippen LogP) is 0.320. The Hall–Kier alpha value is -2.83. The second-order valence-corrected chi connectivity index (χ2v) is 7.68. The number of likely N-dealkylation sites (N-methyl/N-ethyl adjacent to an activating group) is 1. The van der Waals surface area contributed by atoms with E-state index in [1.54, 1.807) is 30.2 Å². The van der Waals surface area contributed by atoms with E-state index < -0.39 is 0 Å². The van der Waals surface area contributed by atoms with E-state index in [1.165, 1.54) is 4.90 Å². The Morgan fingerprint density at radius 2 is 1.76 bits per heavy atom. The molecule has 2 aliphatic rings. The molecule has 2 aliphatic heterocycles. The first-order valence-corrected chi connectivity index (χ1v) is 10.2. The summed E-state index contributed by atoms with van der Waals surface area (Å²) in [5, 5.41) is 10.5. The van der Waals surface area contributed by atoms with Crippen LogP contribution in [-0.2, 0) is 6.54 Å². The third-order valence-electron chi connectivity index (χ3n) is 5.92. The van der Waals surface area contributed by atoms with Gasteiger partial charge in [0.1, 0.15) is 44.2 Å². The van der Waals surface area contributed by atoms with Crippen LogP contribution in [0.5, 0.6) is 17.2 Å². The minimum Gasteiger partial charge on any atom is -0.507 e. The Morgan fingerprint density at radius 3 is 2.41 bits per heavy atom. The molecule has 2 aromatic carbocycles. The van der Waals surface area contributed by atoms with E-state index in [-0.39, 0.29) is 17.3 Å². The highest BCUT2D eigenvalue weighted by molar-refractivity contribution is 6.14. The lowest BCUT2D eigenvalue weighted by molar-refractivity contribution is -1.02. The normalized spacial score (nSPS) is 22.4. The molecule has 6 heteroatoms. The van der Waals surface area contributed by atoms with Gasteiger partial charge in [0, 0.05) is 0 Å². The molecule has 0 bridgehead atoms. The molecule has 2 aromatic rings. The number of nitrogens with one attached hydrogen (secondary N) is 2. The van der Waals surface area contributed by atoms with Crippen LogP contribution in [0.15, 0.2) is 42.2 Å². The van der Waals surface area contributed by atoms with E-state index in [4.69, 9.17) is 9.47 Å². The summed E-state index contributed by atoms with van der Waals surface area (Å²) in [7, 11) is 1.62. The van der Waals surface area contributed by atoms with Gasteiger partial charge in [-0.25, -0.2) is 0 Å². The molecule has 152 valence electrons. The summed E-state index contributed by atoms with van der Waals surface area (Å²) in [4.78, 5) is 15.9. The summed E-state index contributed by atoms with van der Waals surface area (Å²) in [6.07, 6.45) is 1.73. The first kappa shape index (κ1) is 19.5. The van der Waals surface area contributed by atoms with Crippen molar-refractivity contribution in [1.82, 2.24) is 0 Å². The summed E-state index contributed by atoms with van der Waals surface area (Å²) >= 11 is 0. The van der Waals surface area contributed by atoms with Crippen molar-refractivity contribution >= 4 is 11.9 Å². The van der Waals surface area contributed by atoms with Gasteiger partial charge < -0.3 is 24.4 Å². The fourth-order valence-corrected chi connectivity index (χ4v) is 4.06. The Labute approximate surface area is 171 Å². The standard InChI is InChI=1S/C23H26N2O4/c1-3-24-10-12-25(13-11-24)15-19-20(26)9-8-18-22(27)21(29-23(18)19)14-16-4-6-17(28-2)7-5-16/h4-9,14,26H,3,10-13,15H2,1-2H3/p+2/b21-14-. The van der Waals surface area contributed by atoms with Crippen molar-refractivity contribution in [3.05, 3.63) is 58.8 Å². The Bertz CT molecular complexity index is 929. The van der Waals surface area contributed by atoms with E-state index >= 15 is 0 Å². The van der Waals surface area contributed by atoms with Crippen LogP contribution >= 0.6 is 0 Å². The first-order chi connectivity index (χ1) is 14.1. The molecule has 0 saturated carbocycles. The molecule has 0 radical (unpaired) electrons. The van der Waals surface area contributed by atoms with Gasteiger partial charge in [0.25, 0.3) is 0 Å². The number of quaternary nitrogens is 2. The smallest absolute Gasteiger partial charge is 0.231 e. The first-order valence-electron chi connectivity index (χ1n) is 10.2. The van der Waals surface area contributed by atoms with Gasteiger partial charge in [0.15, 0.2) is 11.5 Å². The van der Waals surface area contributed by atoms with Gasteiger partial charge in [0.2, 0.25) is 5.78 Å². The van der Waals surface area contributed by atoms with E-state index in [0.717, 1.165) is 49.6 Å². The van der Waals surface area contributed by atoms with Crippen molar-refractivity contribution in [3.8, 4) is 17.2 Å². The van der Waals surface area contributed by atoms with Crippen LogP contribution < -0.4 is 19.3 Å². The lowest BCUT2D eigenvalue weighted by Crippen LogP contribution is -3.27. The molecule has 0 unspecified atom stereocenters. The maximum absolute atomic E-state index is 12.9. The van der Waals surface area contributed by atoms with Crippen LogP contribution in [0, 0.1) is 0 Å². The van der Waals surface area contributed by atoms with E-state index in [2.05, 4.69) is 6.92 Å². The molecule has 0 atom stereocenters. The number of benzene rings is 2. The monoisotopic (exact) mass is 396 g/mol. The number of phenolic OH excluding ortho intramolecular Hbond substituents is 1. The zero-order valence-electron chi connectivity index (χ0n) is 17.0. The molecule has 29 heavy (non-hydrogen) atoms. The molecule has 4 rings (SSSR count). The molecule has 1 fully saturated rings. The van der Waals surface area contributed by atoms with Crippen molar-refractivity contribution in [2.75, 3.05) is 39.8 Å². The lowest BCUT2D eigenvalue weighted by atomic mass is 10.0. The van der Waals surface area contributed by atoms with Gasteiger partial charge in [-0.1, -0.05) is 12.1 Å². The van der Waals surface area contributed by atoms with Crippen molar-refractivity contribution in [2.45, 2.75) is 13.5 Å². The summed E-state index contributed by atoms with van der Waals surface area (Å²) in [6.45, 7) is 8.38. The number of piperazine rings is 1. The summed E-state index contributed by atoms with van der Waals surface area (Å²) < 4.78 is 11.2. The van der Waals surface area contributed by atoms with E-state index in [1.807, 2.05) is 24.3 Å². The van der Waals surface area contributed by atoms with Crippen molar-refractivity contribution in [1.29, 1.82) is 0 Å². The largest absolute Gasteiger partial charge is 0.507 e. The number of ether oxygens (including phenoxy) is 2. The van der Waals surface area contributed by atoms with Crippen molar-refractivity contribution in [3.63, 3.8) is 0 Å². The highest BCUT2D eigenvalue weighted by Crippen LogP contribution is 2.39. The minimum atomic E-state index is -0.146. The molecular weight excluding hydrogens is 368 g/mol. The number of rotatable bonds is 5. The maximum atomic E-state index is 12.9. The molecule has 0 amide bonds. The van der Waals surface area contributed by atoms with Gasteiger partial charge in [-0.05, 0) is 42.8 Å². The maximum Gasteiger partial charge on any atom is 0.231 e. The number of phenols is 1. The number of methoxy groups -OCH3 is 1. The van der Waals surface area contributed by atoms with E-state index in [0.29, 0.717) is 17.9 Å². The van der Waals surface area contributed by atoms with Gasteiger partial charge in [-0.15, -0.1) is 0 Å². The van der Waals surface area contributed by atoms with Gasteiger partial charge >= 0.3 is 0 Å². The highest BCUT2D eigenvalue weighted by atomic mass is 16.5. The second-order valence-electron chi connectivity index (χ2n) is 7.68. The lowest BCUT2D eigenvalue weighted by Gasteiger charge is -2.29. The number of aromatic hydroxyl groups is 1. The minimum absolute atomic E-state index is 0.146. The average Bonchev–Trinajstić information content (AvgIpc) is 3.07. The quantitative estimate of drug-likeness (QED) is 0.637. The van der Waals surface area contributed by atoms with E-state index in [9.17, 15) is 9.90 Å². The van der Waals surface area contributed by atoms with Gasteiger partial charge in [-0.3, -0.25) is 4.79 Å². The molecule has 0 aromatic heterocycles. The molecule has 0 aliphatic carbocycles. The second kappa shape index (κ2) is 8.27. The van der Waals surface area contributed by atoms with Crippen LogP contribution in [0.25, 0.3) is 6.08 Å². The number of allylic oxidation sites excluding steroid dienone is 1. The van der Waals surface area contributed by atoms with Crippen molar-refractivity contribution in [2.24, 2.45) is 0 Å². The third-order valence-corrected chi connectivity index (χ3v) is 5.92. The highest BCUT2D eigenvalue weighted by Gasteiger charge is 2.33. The topological polar surface area (TPSA) is 64.6 Å². The summed E-state index contributed by atoms with van der Waals surface area (Å²) in [5.74, 6) is 1.60. The Kier molecular flexibility index (Phi) is 5.56. The molecular formula is C23H28N2O4+2. The van der Waals surface area contributed by atoms with Gasteiger partial charge in [0.05, 0.1) is 24.8 Å². The van der Waals surface area contributed by atoms with Crippen molar-refractivity contribution < 1.29 is 29.2 Å². The zero-order valence-corrected chi connectivity index (χ0v) is 17.0. The molecule has 0 spiro atoms. The molecule has 2 heterocycles. The number of fused-ring (bicyclic) bond motifs is 1. The van der Waals surface area contributed by atoms with Crippen LogP contribution in [0.4, 0.5) is 0 Å². The predicted molar refractivity (Wildman–Crippen MR) is 110 cm³/mol. The fraction of sp³-hybridized carbons (Fsp3) is 0.348. The van der Waals surface area contributed by atoms with Crippen LogP contribution in [0.3, 0.4) is 0 Å².